The Hall–Kier alpha value is -3.01. The summed E-state index contributed by atoms with van der Waals surface area (Å²) in [4.78, 5) is 30.7. The maximum Gasteiger partial charge on any atom is 0.417 e. The van der Waals surface area contributed by atoms with E-state index in [2.05, 4.69) is 10.3 Å². The number of rotatable bonds is 4. The second-order valence-electron chi connectivity index (χ2n) is 6.72. The molecule has 30 heavy (non-hydrogen) atoms. The van der Waals surface area contributed by atoms with E-state index < -0.39 is 17.8 Å². The zero-order valence-corrected chi connectivity index (χ0v) is 16.5. The fraction of sp³-hybridized carbons (Fsp3) is 0.316. The molecule has 0 saturated carbocycles. The van der Waals surface area contributed by atoms with Crippen molar-refractivity contribution in [2.24, 2.45) is 5.73 Å². The van der Waals surface area contributed by atoms with Gasteiger partial charge in [0.15, 0.2) is 0 Å². The third-order valence-corrected chi connectivity index (χ3v) is 4.96. The minimum Gasteiger partial charge on any atom is -0.352 e. The van der Waals surface area contributed by atoms with Crippen molar-refractivity contribution in [3.8, 4) is 0 Å². The molecule has 1 aliphatic rings. The highest BCUT2D eigenvalue weighted by atomic mass is 35.5. The zero-order chi connectivity index (χ0) is 21.9. The van der Waals surface area contributed by atoms with Crippen molar-refractivity contribution >= 4 is 29.4 Å². The van der Waals surface area contributed by atoms with Crippen molar-refractivity contribution in [1.29, 1.82) is 0 Å². The first-order chi connectivity index (χ1) is 14.1. The number of hydrogen-bond acceptors (Lipinski definition) is 4. The number of amides is 3. The Morgan fingerprint density at radius 1 is 1.13 bits per heavy atom. The van der Waals surface area contributed by atoms with E-state index >= 15 is 0 Å². The predicted octanol–water partition coefficient (Wildman–Crippen LogP) is 2.88. The minimum absolute atomic E-state index is 0.0789. The molecule has 2 heterocycles. The van der Waals surface area contributed by atoms with Gasteiger partial charge in [-0.25, -0.2) is 9.78 Å². The highest BCUT2D eigenvalue weighted by molar-refractivity contribution is 6.33. The molecule has 11 heteroatoms. The maximum atomic E-state index is 12.8. The fourth-order valence-electron chi connectivity index (χ4n) is 3.08. The number of hydrogen-bond donors (Lipinski definition) is 2. The van der Waals surface area contributed by atoms with Crippen LogP contribution >= 0.6 is 11.6 Å². The Kier molecular flexibility index (Phi) is 6.35. The number of urea groups is 1. The number of alkyl halides is 3. The largest absolute Gasteiger partial charge is 0.417 e. The van der Waals surface area contributed by atoms with Crippen molar-refractivity contribution < 1.29 is 22.8 Å². The molecular formula is C19H19ClF3N5O2. The molecule has 0 aliphatic carbocycles. The van der Waals surface area contributed by atoms with Crippen LogP contribution in [0, 0.1) is 0 Å². The first kappa shape index (κ1) is 21.7. The molecule has 3 amide bonds. The number of halogens is 4. The van der Waals surface area contributed by atoms with Gasteiger partial charge >= 0.3 is 12.2 Å². The number of benzene rings is 1. The second kappa shape index (κ2) is 8.78. The van der Waals surface area contributed by atoms with Gasteiger partial charge < -0.3 is 20.9 Å². The highest BCUT2D eigenvalue weighted by Crippen LogP contribution is 2.33. The van der Waals surface area contributed by atoms with Crippen LogP contribution in [0.1, 0.15) is 21.5 Å². The fourth-order valence-corrected chi connectivity index (χ4v) is 3.36. The van der Waals surface area contributed by atoms with Crippen LogP contribution in [0.5, 0.6) is 0 Å². The quantitative estimate of drug-likeness (QED) is 0.763. The number of anilines is 1. The van der Waals surface area contributed by atoms with Crippen molar-refractivity contribution in [2.45, 2.75) is 12.7 Å². The van der Waals surface area contributed by atoms with E-state index in [0.717, 1.165) is 17.8 Å². The molecule has 0 atom stereocenters. The van der Waals surface area contributed by atoms with Crippen LogP contribution in [-0.2, 0) is 12.7 Å². The van der Waals surface area contributed by atoms with Crippen LogP contribution in [0.2, 0.25) is 5.02 Å². The molecule has 0 radical (unpaired) electrons. The molecule has 3 N–H and O–H groups in total. The number of carbonyl (C=O) groups excluding carboxylic acids is 2. The number of pyridine rings is 1. The number of nitrogens with zero attached hydrogens (tertiary/aromatic N) is 3. The third kappa shape index (κ3) is 5.12. The summed E-state index contributed by atoms with van der Waals surface area (Å²) in [5, 5.41) is 2.39. The lowest BCUT2D eigenvalue weighted by Crippen LogP contribution is -2.49. The number of nitrogens with two attached hydrogens (primary N) is 1. The lowest BCUT2D eigenvalue weighted by atomic mass is 10.1. The van der Waals surface area contributed by atoms with Gasteiger partial charge in [0, 0.05) is 44.5 Å². The lowest BCUT2D eigenvalue weighted by Gasteiger charge is -2.35. The van der Waals surface area contributed by atoms with Crippen LogP contribution < -0.4 is 16.0 Å². The normalized spacial score (nSPS) is 14.5. The first-order valence-corrected chi connectivity index (χ1v) is 9.42. The molecule has 7 nitrogen and oxygen atoms in total. The average Bonchev–Trinajstić information content (AvgIpc) is 2.71. The molecule has 0 spiro atoms. The maximum absolute atomic E-state index is 12.8. The van der Waals surface area contributed by atoms with Crippen molar-refractivity contribution in [1.82, 2.24) is 15.2 Å². The Bertz CT molecular complexity index is 929. The molecule has 0 unspecified atom stereocenters. The molecule has 1 saturated heterocycles. The minimum atomic E-state index is -4.51. The standard InChI is InChI=1S/C19H19ClF3N5O2/c20-15-9-14(19(21,22)23)11-25-16(15)27-5-7-28(8-6-27)17(29)13-3-1-12(2-4-13)10-26-18(24)30/h1-4,9,11H,5-8,10H2,(H3,24,26,30). The highest BCUT2D eigenvalue weighted by Gasteiger charge is 2.32. The second-order valence-corrected chi connectivity index (χ2v) is 7.13. The topological polar surface area (TPSA) is 91.6 Å². The molecule has 2 aromatic rings. The van der Waals surface area contributed by atoms with E-state index in [1.807, 2.05) is 0 Å². The van der Waals surface area contributed by atoms with Gasteiger partial charge in [0.2, 0.25) is 0 Å². The van der Waals surface area contributed by atoms with Gasteiger partial charge in [-0.15, -0.1) is 0 Å². The summed E-state index contributed by atoms with van der Waals surface area (Å²) in [6.07, 6.45) is -3.75. The average molecular weight is 442 g/mol. The van der Waals surface area contributed by atoms with Crippen LogP contribution in [0.25, 0.3) is 0 Å². The Labute approximate surface area is 175 Å². The molecule has 160 valence electrons. The van der Waals surface area contributed by atoms with Crippen molar-refractivity contribution in [3.63, 3.8) is 0 Å². The predicted molar refractivity (Wildman–Crippen MR) is 105 cm³/mol. The molecule has 0 bridgehead atoms. The molecule has 1 fully saturated rings. The van der Waals surface area contributed by atoms with E-state index in [1.54, 1.807) is 34.1 Å². The number of aromatic nitrogens is 1. The van der Waals surface area contributed by atoms with Crippen molar-refractivity contribution in [3.05, 3.63) is 58.2 Å². The summed E-state index contributed by atoms with van der Waals surface area (Å²) in [6.45, 7) is 1.81. The van der Waals surface area contributed by atoms with Crippen LogP contribution in [0.3, 0.4) is 0 Å². The summed E-state index contributed by atoms with van der Waals surface area (Å²) in [5.41, 5.74) is 5.43. The smallest absolute Gasteiger partial charge is 0.352 e. The van der Waals surface area contributed by atoms with E-state index in [0.29, 0.717) is 31.7 Å². The van der Waals surface area contributed by atoms with Gasteiger partial charge in [0.1, 0.15) is 5.82 Å². The van der Waals surface area contributed by atoms with E-state index in [1.165, 1.54) is 0 Å². The van der Waals surface area contributed by atoms with Crippen LogP contribution in [0.15, 0.2) is 36.5 Å². The van der Waals surface area contributed by atoms with E-state index in [9.17, 15) is 22.8 Å². The Morgan fingerprint density at radius 3 is 2.30 bits per heavy atom. The summed E-state index contributed by atoms with van der Waals surface area (Å²) >= 11 is 6.00. The van der Waals surface area contributed by atoms with E-state index in [-0.39, 0.29) is 23.3 Å². The van der Waals surface area contributed by atoms with Gasteiger partial charge in [-0.05, 0) is 23.8 Å². The molecule has 3 rings (SSSR count). The molecule has 1 aromatic carbocycles. The van der Waals surface area contributed by atoms with E-state index in [4.69, 9.17) is 17.3 Å². The molecular weight excluding hydrogens is 423 g/mol. The molecule has 1 aliphatic heterocycles. The van der Waals surface area contributed by atoms with Crippen LogP contribution in [-0.4, -0.2) is 48.0 Å². The van der Waals surface area contributed by atoms with Gasteiger partial charge in [0.25, 0.3) is 5.91 Å². The Morgan fingerprint density at radius 2 is 1.77 bits per heavy atom. The summed E-state index contributed by atoms with van der Waals surface area (Å²) in [7, 11) is 0. The zero-order valence-electron chi connectivity index (χ0n) is 15.7. The SMILES string of the molecule is NC(=O)NCc1ccc(C(=O)N2CCN(c3ncc(C(F)(F)F)cc3Cl)CC2)cc1. The third-order valence-electron chi connectivity index (χ3n) is 4.68. The summed E-state index contributed by atoms with van der Waals surface area (Å²) < 4.78 is 38.3. The monoisotopic (exact) mass is 441 g/mol. The number of carbonyl (C=O) groups is 2. The van der Waals surface area contributed by atoms with Gasteiger partial charge in [-0.3, -0.25) is 4.79 Å². The van der Waals surface area contributed by atoms with Crippen LogP contribution in [0.4, 0.5) is 23.8 Å². The molecule has 1 aromatic heterocycles. The van der Waals surface area contributed by atoms with Gasteiger partial charge in [-0.1, -0.05) is 23.7 Å². The van der Waals surface area contributed by atoms with Gasteiger partial charge in [0.05, 0.1) is 10.6 Å². The number of piperazine rings is 1. The first-order valence-electron chi connectivity index (χ1n) is 9.04. The summed E-state index contributed by atoms with van der Waals surface area (Å²) in [6, 6.07) is 7.02. The lowest BCUT2D eigenvalue weighted by molar-refractivity contribution is -0.137. The van der Waals surface area contributed by atoms with Gasteiger partial charge in [-0.2, -0.15) is 13.2 Å². The Balaban J connectivity index is 1.60. The number of primary amides is 1. The van der Waals surface area contributed by atoms with Crippen molar-refractivity contribution in [2.75, 3.05) is 31.1 Å². The number of nitrogens with one attached hydrogen (secondary N) is 1. The summed E-state index contributed by atoms with van der Waals surface area (Å²) in [5.74, 6) is 0.110.